The van der Waals surface area contributed by atoms with E-state index in [2.05, 4.69) is 5.32 Å². The number of anilines is 1. The number of nitrogens with zero attached hydrogens (tertiary/aromatic N) is 2. The van der Waals surface area contributed by atoms with E-state index >= 15 is 0 Å². The first-order valence-electron chi connectivity index (χ1n) is 11.4. The maximum absolute atomic E-state index is 13.1. The molecular weight excluding hydrogens is 478 g/mol. The summed E-state index contributed by atoms with van der Waals surface area (Å²) in [6.45, 7) is 4.49. The average Bonchev–Trinajstić information content (AvgIpc) is 2.86. The highest BCUT2D eigenvalue weighted by molar-refractivity contribution is 6.39. The van der Waals surface area contributed by atoms with Crippen molar-refractivity contribution < 1.29 is 28.8 Å². The summed E-state index contributed by atoms with van der Waals surface area (Å²) in [5.74, 6) is -0.889. The highest BCUT2D eigenvalue weighted by Gasteiger charge is 2.37. The number of amides is 4. The fraction of sp³-hybridized carbons (Fsp3) is 0.148. The maximum atomic E-state index is 13.1. The van der Waals surface area contributed by atoms with Gasteiger partial charge in [-0.2, -0.15) is 0 Å². The number of barbiturate groups is 1. The summed E-state index contributed by atoms with van der Waals surface area (Å²) in [4.78, 5) is 49.3. The SMILES string of the molecule is CCOc1cc(/C=C2\C(=O)NC(=O)N(c3cccc([N+](=O)[O-])c3)C2=O)ccc1OCc1cccc(C)c1. The first kappa shape index (κ1) is 25.1. The zero-order valence-electron chi connectivity index (χ0n) is 20.1. The number of aryl methyl sites for hydroxylation is 1. The van der Waals surface area contributed by atoms with Crippen LogP contribution in [0.1, 0.15) is 23.6 Å². The highest BCUT2D eigenvalue weighted by Crippen LogP contribution is 2.31. The molecule has 1 heterocycles. The molecule has 37 heavy (non-hydrogen) atoms. The molecule has 0 atom stereocenters. The van der Waals surface area contributed by atoms with Crippen LogP contribution >= 0.6 is 0 Å². The van der Waals surface area contributed by atoms with Gasteiger partial charge in [-0.15, -0.1) is 0 Å². The van der Waals surface area contributed by atoms with Crippen molar-refractivity contribution in [1.29, 1.82) is 0 Å². The van der Waals surface area contributed by atoms with E-state index in [9.17, 15) is 24.5 Å². The Kier molecular flexibility index (Phi) is 7.28. The monoisotopic (exact) mass is 501 g/mol. The molecule has 4 rings (SSSR count). The Morgan fingerprint density at radius 3 is 2.49 bits per heavy atom. The van der Waals surface area contributed by atoms with Gasteiger partial charge in [0.1, 0.15) is 12.2 Å². The number of hydrogen-bond donors (Lipinski definition) is 1. The summed E-state index contributed by atoms with van der Waals surface area (Å²) in [6.07, 6.45) is 1.32. The normalized spacial score (nSPS) is 14.5. The van der Waals surface area contributed by atoms with Gasteiger partial charge in [-0.05, 0) is 49.2 Å². The van der Waals surface area contributed by atoms with E-state index in [-0.39, 0.29) is 16.9 Å². The fourth-order valence-corrected chi connectivity index (χ4v) is 3.77. The molecule has 3 aromatic carbocycles. The van der Waals surface area contributed by atoms with Gasteiger partial charge in [-0.25, -0.2) is 9.69 Å². The average molecular weight is 501 g/mol. The van der Waals surface area contributed by atoms with Gasteiger partial charge < -0.3 is 9.47 Å². The van der Waals surface area contributed by atoms with Gasteiger partial charge in [0.05, 0.1) is 17.2 Å². The lowest BCUT2D eigenvalue weighted by Crippen LogP contribution is -2.54. The van der Waals surface area contributed by atoms with Crippen molar-refractivity contribution in [3.8, 4) is 11.5 Å². The Bertz CT molecular complexity index is 1430. The number of nitro groups is 1. The summed E-state index contributed by atoms with van der Waals surface area (Å²) in [7, 11) is 0. The Balaban J connectivity index is 1.62. The van der Waals surface area contributed by atoms with Gasteiger partial charge in [0.15, 0.2) is 11.5 Å². The van der Waals surface area contributed by atoms with Gasteiger partial charge in [0, 0.05) is 12.1 Å². The summed E-state index contributed by atoms with van der Waals surface area (Å²) >= 11 is 0. The molecule has 1 aliphatic heterocycles. The first-order chi connectivity index (χ1) is 17.8. The van der Waals surface area contributed by atoms with Crippen LogP contribution in [0.5, 0.6) is 11.5 Å². The third-order valence-electron chi connectivity index (χ3n) is 5.46. The number of carbonyl (C=O) groups excluding carboxylic acids is 3. The van der Waals surface area contributed by atoms with Crippen molar-refractivity contribution in [3.05, 3.63) is 99.1 Å². The van der Waals surface area contributed by atoms with Gasteiger partial charge in [0.2, 0.25) is 0 Å². The molecule has 0 bridgehead atoms. The lowest BCUT2D eigenvalue weighted by Gasteiger charge is -2.26. The third kappa shape index (κ3) is 5.64. The number of rotatable bonds is 8. The Morgan fingerprint density at radius 2 is 1.76 bits per heavy atom. The van der Waals surface area contributed by atoms with E-state index in [1.807, 2.05) is 38.1 Å². The van der Waals surface area contributed by atoms with Crippen LogP contribution in [0.2, 0.25) is 0 Å². The lowest BCUT2D eigenvalue weighted by atomic mass is 10.1. The molecule has 10 heteroatoms. The van der Waals surface area contributed by atoms with Crippen molar-refractivity contribution in [2.24, 2.45) is 0 Å². The molecule has 0 radical (unpaired) electrons. The van der Waals surface area contributed by atoms with Gasteiger partial charge in [-0.1, -0.05) is 42.0 Å². The van der Waals surface area contributed by atoms with Crippen molar-refractivity contribution in [1.82, 2.24) is 5.32 Å². The second kappa shape index (κ2) is 10.7. The standard InChI is InChI=1S/C27H23N3O7/c1-3-36-24-14-18(10-11-23(24)37-16-19-7-4-6-17(2)12-19)13-22-25(31)28-27(33)29(26(22)32)20-8-5-9-21(15-20)30(34)35/h4-15H,3,16H2,1-2H3,(H,28,31,33)/b22-13+. The summed E-state index contributed by atoms with van der Waals surface area (Å²) < 4.78 is 11.6. The maximum Gasteiger partial charge on any atom is 0.335 e. The zero-order valence-corrected chi connectivity index (χ0v) is 20.1. The minimum atomic E-state index is -0.998. The van der Waals surface area contributed by atoms with Crippen LogP contribution in [-0.4, -0.2) is 29.4 Å². The fourth-order valence-electron chi connectivity index (χ4n) is 3.77. The quantitative estimate of drug-likeness (QED) is 0.208. The van der Waals surface area contributed by atoms with Crippen molar-refractivity contribution in [3.63, 3.8) is 0 Å². The van der Waals surface area contributed by atoms with E-state index in [0.29, 0.717) is 35.2 Å². The van der Waals surface area contributed by atoms with E-state index in [1.54, 1.807) is 18.2 Å². The Hall–Kier alpha value is -4.99. The topological polar surface area (TPSA) is 128 Å². The molecule has 1 aliphatic rings. The molecule has 0 aliphatic carbocycles. The van der Waals surface area contributed by atoms with Gasteiger partial charge in [-0.3, -0.25) is 25.0 Å². The predicted octanol–water partition coefficient (Wildman–Crippen LogP) is 4.55. The van der Waals surface area contributed by atoms with Crippen LogP contribution < -0.4 is 19.7 Å². The number of ether oxygens (including phenoxy) is 2. The molecule has 1 N–H and O–H groups in total. The van der Waals surface area contributed by atoms with Crippen molar-refractivity contribution >= 4 is 35.3 Å². The first-order valence-corrected chi connectivity index (χ1v) is 11.4. The summed E-state index contributed by atoms with van der Waals surface area (Å²) in [5, 5.41) is 13.2. The van der Waals surface area contributed by atoms with E-state index in [1.165, 1.54) is 24.3 Å². The molecule has 0 spiro atoms. The summed E-state index contributed by atoms with van der Waals surface area (Å²) in [6, 6.07) is 16.9. The molecule has 1 saturated heterocycles. The smallest absolute Gasteiger partial charge is 0.335 e. The van der Waals surface area contributed by atoms with Crippen LogP contribution in [0.25, 0.3) is 6.08 Å². The van der Waals surface area contributed by atoms with E-state index < -0.39 is 22.8 Å². The van der Waals surface area contributed by atoms with Crippen LogP contribution in [0.4, 0.5) is 16.2 Å². The lowest BCUT2D eigenvalue weighted by molar-refractivity contribution is -0.384. The minimum Gasteiger partial charge on any atom is -0.490 e. The van der Waals surface area contributed by atoms with Gasteiger partial charge >= 0.3 is 6.03 Å². The number of hydrogen-bond acceptors (Lipinski definition) is 7. The van der Waals surface area contributed by atoms with Crippen LogP contribution in [-0.2, 0) is 16.2 Å². The highest BCUT2D eigenvalue weighted by atomic mass is 16.6. The Morgan fingerprint density at radius 1 is 0.973 bits per heavy atom. The predicted molar refractivity (Wildman–Crippen MR) is 135 cm³/mol. The molecule has 0 saturated carbocycles. The molecule has 0 aromatic heterocycles. The van der Waals surface area contributed by atoms with Crippen LogP contribution in [0.15, 0.2) is 72.3 Å². The Labute approximate surface area is 212 Å². The zero-order chi connectivity index (χ0) is 26.5. The number of non-ortho nitro benzene ring substituents is 1. The molecule has 188 valence electrons. The van der Waals surface area contributed by atoms with Crippen molar-refractivity contribution in [2.45, 2.75) is 20.5 Å². The number of nitrogens with one attached hydrogen (secondary N) is 1. The summed E-state index contributed by atoms with van der Waals surface area (Å²) in [5.41, 5.74) is 1.90. The largest absolute Gasteiger partial charge is 0.490 e. The third-order valence-corrected chi connectivity index (χ3v) is 5.46. The van der Waals surface area contributed by atoms with E-state index in [4.69, 9.17) is 9.47 Å². The number of nitro benzene ring substituents is 1. The second-order valence-corrected chi connectivity index (χ2v) is 8.15. The van der Waals surface area contributed by atoms with Crippen LogP contribution in [0.3, 0.4) is 0 Å². The number of urea groups is 1. The molecule has 10 nitrogen and oxygen atoms in total. The number of benzene rings is 3. The van der Waals surface area contributed by atoms with E-state index in [0.717, 1.165) is 17.2 Å². The second-order valence-electron chi connectivity index (χ2n) is 8.15. The van der Waals surface area contributed by atoms with Crippen LogP contribution in [0, 0.1) is 17.0 Å². The number of imide groups is 2. The van der Waals surface area contributed by atoms with Gasteiger partial charge in [0.25, 0.3) is 17.5 Å². The molecule has 4 amide bonds. The molecular formula is C27H23N3O7. The minimum absolute atomic E-state index is 0.0370. The van der Waals surface area contributed by atoms with Crippen molar-refractivity contribution in [2.75, 3.05) is 11.5 Å². The number of carbonyl (C=O) groups is 3. The molecule has 0 unspecified atom stereocenters. The molecule has 3 aromatic rings. The molecule has 1 fully saturated rings.